The van der Waals surface area contributed by atoms with Crippen LogP contribution >= 0.6 is 69.3 Å². The molecule has 3 fully saturated rings. The zero-order chi connectivity index (χ0) is 73.4. The molecule has 1 N–H and O–H groups in total. The normalized spacial score (nSPS) is 27.5. The predicted octanol–water partition coefficient (Wildman–Crippen LogP) is 10.5. The van der Waals surface area contributed by atoms with Crippen LogP contribution in [0.15, 0.2) is 147 Å². The Bertz CT molecular complexity index is 4130. The molecule has 0 saturated carbocycles. The molecular weight excluding hydrogens is 1560 g/mol. The second-order valence-electron chi connectivity index (χ2n) is 25.0. The molecule has 0 radical (unpaired) electrons. The van der Waals surface area contributed by atoms with Gasteiger partial charge in [-0.25, -0.2) is 0 Å². The number of benzene rings is 6. The number of hydrogen-bond acceptors (Lipinski definition) is 26. The SMILES string of the molecule is COCOc1cc(OC)cc2cc3c(c(OC)c12)C(=O)[C@H](O[C@@H]1O[C@H](COS(=O)(=O)c2ccc(C)cc2)[C@@H](OC(=O)CCl)[C@H](O[C@@H]2O[C@H](COS(=O)(=O)c4ccc(C)cc4)[C@@H](OC(=O)CCl)[C@H](O[C@@H]4O[C@@H](C)[C@H](OC(=O)C(C)C)[C@@](C)(O)[C@H]4I)[C@H]2Sc2ccccc2)[C@H]1Sc1ccccc1)CC3. The van der Waals surface area contributed by atoms with Gasteiger partial charge in [0.05, 0.1) is 74.6 Å². The van der Waals surface area contributed by atoms with Crippen LogP contribution < -0.4 is 14.2 Å². The highest BCUT2D eigenvalue weighted by molar-refractivity contribution is 14.1. The Kier molecular flexibility index (Phi) is 27.1. The molecule has 6 aromatic rings. The number of rotatable bonds is 29. The quantitative estimate of drug-likeness (QED) is 0.0114. The third-order valence-corrected chi connectivity index (χ3v) is 24.8. The third-order valence-electron chi connectivity index (χ3n) is 17.3. The number of ketones is 1. The van der Waals surface area contributed by atoms with Gasteiger partial charge in [0, 0.05) is 23.0 Å². The molecule has 16 atom stereocenters. The molecule has 552 valence electrons. The number of halogens is 3. The largest absolute Gasteiger partial charge is 0.497 e. The second-order valence-corrected chi connectivity index (χ2v) is 32.6. The number of esters is 3. The minimum atomic E-state index is -4.68. The maximum Gasteiger partial charge on any atom is 0.321 e. The summed E-state index contributed by atoms with van der Waals surface area (Å²) >= 11 is 16.7. The average molecular weight is 1640 g/mol. The van der Waals surface area contributed by atoms with Crippen LogP contribution in [0.1, 0.15) is 61.2 Å². The monoisotopic (exact) mass is 1640 g/mol. The second kappa shape index (κ2) is 34.9. The highest BCUT2D eigenvalue weighted by atomic mass is 127. The van der Waals surface area contributed by atoms with E-state index < -0.39 is 169 Å². The molecule has 0 spiro atoms. The first-order valence-corrected chi connectivity index (χ1v) is 39.3. The van der Waals surface area contributed by atoms with Gasteiger partial charge in [-0.3, -0.25) is 27.5 Å². The van der Waals surface area contributed by atoms with Crippen LogP contribution in [0.2, 0.25) is 0 Å². The summed E-state index contributed by atoms with van der Waals surface area (Å²) in [4.78, 5) is 57.6. The van der Waals surface area contributed by atoms with Crippen molar-refractivity contribution in [1.82, 2.24) is 0 Å². The number of carbonyl (C=O) groups is 4. The fourth-order valence-corrected chi connectivity index (χ4v) is 17.3. The Labute approximate surface area is 624 Å². The lowest BCUT2D eigenvalue weighted by Crippen LogP contribution is -2.68. The lowest BCUT2D eigenvalue weighted by atomic mass is 9.85. The molecule has 6 aromatic carbocycles. The Morgan fingerprint density at radius 2 is 1.17 bits per heavy atom. The molecule has 102 heavy (non-hydrogen) atoms. The summed E-state index contributed by atoms with van der Waals surface area (Å²) in [6.07, 6.45) is -18.5. The molecule has 4 aliphatic rings. The minimum Gasteiger partial charge on any atom is -0.497 e. The molecule has 3 heterocycles. The minimum absolute atomic E-state index is 0.0445. The summed E-state index contributed by atoms with van der Waals surface area (Å²) in [5.74, 6) is -4.40. The molecule has 0 amide bonds. The molecule has 3 saturated heterocycles. The van der Waals surface area contributed by atoms with Crippen molar-refractivity contribution in [3.63, 3.8) is 0 Å². The van der Waals surface area contributed by atoms with Crippen molar-refractivity contribution in [1.29, 1.82) is 0 Å². The van der Waals surface area contributed by atoms with E-state index >= 15 is 4.79 Å². The lowest BCUT2D eigenvalue weighted by molar-refractivity contribution is -0.333. The smallest absolute Gasteiger partial charge is 0.321 e. The molecule has 3 aliphatic heterocycles. The topological polar surface area (TPSA) is 295 Å². The van der Waals surface area contributed by atoms with Crippen molar-refractivity contribution in [3.05, 3.63) is 150 Å². The summed E-state index contributed by atoms with van der Waals surface area (Å²) in [5.41, 5.74) is 0.349. The van der Waals surface area contributed by atoms with E-state index in [9.17, 15) is 36.3 Å². The van der Waals surface area contributed by atoms with E-state index in [-0.39, 0.29) is 46.5 Å². The Morgan fingerprint density at radius 3 is 1.64 bits per heavy atom. The van der Waals surface area contributed by atoms with E-state index in [0.717, 1.165) is 34.7 Å². The number of hydrogen-bond donors (Lipinski definition) is 1. The fourth-order valence-electron chi connectivity index (χ4n) is 12.2. The lowest BCUT2D eigenvalue weighted by Gasteiger charge is -2.52. The van der Waals surface area contributed by atoms with Crippen LogP contribution in [-0.2, 0) is 96.8 Å². The van der Waals surface area contributed by atoms with Gasteiger partial charge < -0.3 is 66.7 Å². The van der Waals surface area contributed by atoms with Gasteiger partial charge in [-0.2, -0.15) is 16.8 Å². The number of carbonyl (C=O) groups excluding carboxylic acids is 4. The number of thioether (sulfide) groups is 2. The summed E-state index contributed by atoms with van der Waals surface area (Å²) < 4.78 is 152. The number of ether oxygens (including phenoxy) is 13. The summed E-state index contributed by atoms with van der Waals surface area (Å²) in [6, 6.07) is 34.5. The summed E-state index contributed by atoms with van der Waals surface area (Å²) in [5, 5.41) is 10.9. The zero-order valence-electron chi connectivity index (χ0n) is 56.9. The molecule has 24 nitrogen and oxygen atoms in total. The highest BCUT2D eigenvalue weighted by Crippen LogP contribution is 2.49. The van der Waals surface area contributed by atoms with Gasteiger partial charge in [0.15, 0.2) is 49.8 Å². The standard InChI is InChI=1S/C71H79Cl2IO24S4/c1-38(2)67(78)98-66-41(5)90-70(65(74)71(66,6)79)97-62-59(95-54(76)34-73)52(36-89-102(82,83)48-27-22-40(4)23-28-48)93-69(64(62)100-46-18-14-11-15-19-46)96-61-58(94-53(75)33-72)51(35-88-101(80,81)47-25-20-39(3)21-26-47)92-68(63(61)99-45-16-12-10-13-17-45)91-49-29-24-42-30-43-31-44(85-8)32-50(87-37-84-7)55(43)60(86-9)56(42)57(49)77/h10-23,25-28,30-32,38,41,49,51-52,58-59,61-66,68-70,79H,24,29,33-37H2,1-9H3/t41-,49+,51+,52+,58+,59+,61-,62-,63+,64+,65-,66-,68+,69-,70-,71-/m0/s1. The van der Waals surface area contributed by atoms with E-state index in [1.807, 2.05) is 28.7 Å². The van der Waals surface area contributed by atoms with E-state index in [1.165, 1.54) is 52.5 Å². The first-order chi connectivity index (χ1) is 48.7. The van der Waals surface area contributed by atoms with Crippen LogP contribution in [0.25, 0.3) is 10.8 Å². The first-order valence-electron chi connectivity index (χ1n) is 32.4. The summed E-state index contributed by atoms with van der Waals surface area (Å²) in [6.45, 7) is 7.84. The Morgan fingerprint density at radius 1 is 0.667 bits per heavy atom. The third kappa shape index (κ3) is 18.5. The number of Topliss-reactive ketones (excluding diaryl/α,β-unsaturated/α-hetero) is 1. The van der Waals surface area contributed by atoms with E-state index in [0.29, 0.717) is 31.9 Å². The molecule has 0 unspecified atom stereocenters. The highest BCUT2D eigenvalue weighted by Gasteiger charge is 2.60. The van der Waals surface area contributed by atoms with Gasteiger partial charge in [0.1, 0.15) is 65.1 Å². The molecule has 0 bridgehead atoms. The van der Waals surface area contributed by atoms with Crippen LogP contribution in [0.5, 0.6) is 17.2 Å². The van der Waals surface area contributed by atoms with Gasteiger partial charge in [0.2, 0.25) is 0 Å². The van der Waals surface area contributed by atoms with Crippen LogP contribution in [-0.4, -0.2) is 193 Å². The molecular formula is C71H79Cl2IO24S4. The maximum absolute atomic E-state index is 15.6. The number of fused-ring (bicyclic) bond motifs is 2. The average Bonchev–Trinajstić information content (AvgIpc) is 0.754. The number of alkyl halides is 3. The van der Waals surface area contributed by atoms with Gasteiger partial charge in [-0.15, -0.1) is 46.7 Å². The molecule has 1 aliphatic carbocycles. The van der Waals surface area contributed by atoms with Gasteiger partial charge in [-0.05, 0) is 112 Å². The van der Waals surface area contributed by atoms with Crippen molar-refractivity contribution < 1.29 is 111 Å². The van der Waals surface area contributed by atoms with Gasteiger partial charge >= 0.3 is 17.9 Å². The Hall–Kier alpha value is -5.43. The first kappa shape index (κ1) is 79.1. The molecule has 10 rings (SSSR count). The van der Waals surface area contributed by atoms with Gasteiger partial charge in [-0.1, -0.05) is 108 Å². The van der Waals surface area contributed by atoms with E-state index in [1.54, 1.807) is 132 Å². The fraction of sp³-hybridized carbons (Fsp3) is 0.465. The Balaban J connectivity index is 1.15. The number of methoxy groups -OCH3 is 3. The zero-order valence-corrected chi connectivity index (χ0v) is 63.9. The van der Waals surface area contributed by atoms with Crippen molar-refractivity contribution in [2.45, 2.75) is 168 Å². The number of aryl methyl sites for hydroxylation is 3. The van der Waals surface area contributed by atoms with Crippen molar-refractivity contribution >= 4 is 124 Å². The maximum atomic E-state index is 15.6. The van der Waals surface area contributed by atoms with E-state index in [2.05, 4.69) is 0 Å². The molecule has 0 aromatic heterocycles. The van der Waals surface area contributed by atoms with Crippen LogP contribution in [0, 0.1) is 19.8 Å². The summed E-state index contributed by atoms with van der Waals surface area (Å²) in [7, 11) is -4.97. The predicted molar refractivity (Wildman–Crippen MR) is 384 cm³/mol. The van der Waals surface area contributed by atoms with Crippen molar-refractivity contribution in [3.8, 4) is 17.2 Å². The number of aliphatic hydroxyl groups is 1. The van der Waals surface area contributed by atoms with E-state index in [4.69, 9.17) is 93.1 Å². The van der Waals surface area contributed by atoms with Crippen LogP contribution in [0.3, 0.4) is 0 Å². The van der Waals surface area contributed by atoms with Crippen molar-refractivity contribution in [2.75, 3.05) is 53.1 Å². The van der Waals surface area contributed by atoms with Gasteiger partial charge in [0.25, 0.3) is 20.2 Å². The van der Waals surface area contributed by atoms with Crippen molar-refractivity contribution in [2.24, 2.45) is 5.92 Å². The molecule has 31 heteroatoms. The van der Waals surface area contributed by atoms with Crippen LogP contribution in [0.4, 0.5) is 0 Å².